The third-order valence-corrected chi connectivity index (χ3v) is 6.40. The van der Waals surface area contributed by atoms with Gasteiger partial charge in [0, 0.05) is 24.3 Å². The Bertz CT molecular complexity index is 984. The van der Waals surface area contributed by atoms with Crippen LogP contribution in [0.2, 0.25) is 0 Å². The molecule has 1 atom stereocenters. The Morgan fingerprint density at radius 2 is 2.21 bits per heavy atom. The predicted octanol–water partition coefficient (Wildman–Crippen LogP) is 4.82. The summed E-state index contributed by atoms with van der Waals surface area (Å²) in [5.74, 6) is 1.43. The minimum Gasteiger partial charge on any atom is -0.339 e. The Hall–Kier alpha value is -2.34. The number of H-pyrrole nitrogens is 1. The van der Waals surface area contributed by atoms with Crippen molar-refractivity contribution in [1.29, 1.82) is 0 Å². The van der Waals surface area contributed by atoms with Gasteiger partial charge in [-0.25, -0.2) is 9.97 Å². The Morgan fingerprint density at radius 3 is 3.07 bits per heavy atom. The number of thioether (sulfide) groups is 1. The van der Waals surface area contributed by atoms with E-state index in [0.717, 1.165) is 53.3 Å². The molecule has 3 aromatic rings. The number of amides is 1. The summed E-state index contributed by atoms with van der Waals surface area (Å²) in [5, 5.41) is 0.844. The van der Waals surface area contributed by atoms with Crippen molar-refractivity contribution in [3.8, 4) is 11.4 Å². The zero-order valence-electron chi connectivity index (χ0n) is 16.4. The summed E-state index contributed by atoms with van der Waals surface area (Å²) in [5.41, 5.74) is 4.10. The van der Waals surface area contributed by atoms with E-state index in [-0.39, 0.29) is 5.91 Å². The quantitative estimate of drug-likeness (QED) is 0.631. The molecule has 1 aliphatic rings. The number of rotatable bonds is 5. The van der Waals surface area contributed by atoms with Crippen LogP contribution in [0.1, 0.15) is 38.2 Å². The third kappa shape index (κ3) is 3.92. The van der Waals surface area contributed by atoms with Gasteiger partial charge < -0.3 is 9.88 Å². The van der Waals surface area contributed by atoms with Crippen LogP contribution in [-0.2, 0) is 4.79 Å². The summed E-state index contributed by atoms with van der Waals surface area (Å²) >= 11 is 1.51. The van der Waals surface area contributed by atoms with Crippen molar-refractivity contribution in [1.82, 2.24) is 19.9 Å². The van der Waals surface area contributed by atoms with E-state index in [4.69, 9.17) is 4.98 Å². The molecule has 1 fully saturated rings. The molecular weight excluding hydrogens is 368 g/mol. The Labute approximate surface area is 170 Å². The number of aromatic amines is 1. The van der Waals surface area contributed by atoms with Crippen molar-refractivity contribution in [2.75, 3.05) is 12.3 Å². The minimum atomic E-state index is 0.216. The summed E-state index contributed by atoms with van der Waals surface area (Å²) in [6.45, 7) is 5.13. The van der Waals surface area contributed by atoms with E-state index in [9.17, 15) is 4.79 Å². The molecule has 5 nitrogen and oxygen atoms in total. The number of fused-ring (bicyclic) bond motifs is 1. The number of benzene rings is 1. The van der Waals surface area contributed by atoms with E-state index in [2.05, 4.69) is 40.8 Å². The molecule has 1 aliphatic heterocycles. The fraction of sp³-hybridized carbons (Fsp3) is 0.409. The van der Waals surface area contributed by atoms with Crippen molar-refractivity contribution < 1.29 is 4.79 Å². The number of pyridine rings is 1. The van der Waals surface area contributed by atoms with Crippen LogP contribution in [0.25, 0.3) is 22.4 Å². The molecule has 1 unspecified atom stereocenters. The van der Waals surface area contributed by atoms with Crippen molar-refractivity contribution in [3.63, 3.8) is 0 Å². The largest absolute Gasteiger partial charge is 0.339 e. The first-order valence-corrected chi connectivity index (χ1v) is 11.0. The molecule has 1 aromatic carbocycles. The van der Waals surface area contributed by atoms with E-state index in [1.165, 1.54) is 23.7 Å². The van der Waals surface area contributed by atoms with Crippen LogP contribution in [0.4, 0.5) is 0 Å². The van der Waals surface area contributed by atoms with Crippen LogP contribution in [0.15, 0.2) is 41.6 Å². The SMILES string of the molecule is CCC1CCCCN1C(=O)CSc1ncccc1-c1nc2ccc(C)cc2[nH]1. The molecule has 6 heteroatoms. The highest BCUT2D eigenvalue weighted by Crippen LogP contribution is 2.30. The molecule has 0 spiro atoms. The van der Waals surface area contributed by atoms with Crippen LogP contribution < -0.4 is 0 Å². The molecule has 28 heavy (non-hydrogen) atoms. The Morgan fingerprint density at radius 1 is 1.32 bits per heavy atom. The van der Waals surface area contributed by atoms with Gasteiger partial charge in [0.15, 0.2) is 0 Å². The number of carbonyl (C=O) groups is 1. The Balaban J connectivity index is 1.53. The number of likely N-dealkylation sites (tertiary alicyclic amines) is 1. The van der Waals surface area contributed by atoms with Crippen molar-refractivity contribution >= 4 is 28.7 Å². The lowest BCUT2D eigenvalue weighted by atomic mass is 10.0. The van der Waals surface area contributed by atoms with Gasteiger partial charge in [-0.05, 0) is 62.4 Å². The van der Waals surface area contributed by atoms with Gasteiger partial charge in [0.1, 0.15) is 10.9 Å². The van der Waals surface area contributed by atoms with Gasteiger partial charge in [-0.15, -0.1) is 0 Å². The van der Waals surface area contributed by atoms with Gasteiger partial charge in [-0.1, -0.05) is 24.8 Å². The van der Waals surface area contributed by atoms with E-state index in [1.54, 1.807) is 6.20 Å². The summed E-state index contributed by atoms with van der Waals surface area (Å²) < 4.78 is 0. The lowest BCUT2D eigenvalue weighted by molar-refractivity contribution is -0.132. The highest BCUT2D eigenvalue weighted by molar-refractivity contribution is 8.00. The molecule has 1 N–H and O–H groups in total. The van der Waals surface area contributed by atoms with E-state index in [0.29, 0.717) is 11.8 Å². The van der Waals surface area contributed by atoms with Gasteiger partial charge in [-0.3, -0.25) is 4.79 Å². The van der Waals surface area contributed by atoms with Crippen LogP contribution in [0.5, 0.6) is 0 Å². The van der Waals surface area contributed by atoms with E-state index >= 15 is 0 Å². The van der Waals surface area contributed by atoms with Crippen molar-refractivity contribution in [2.24, 2.45) is 0 Å². The van der Waals surface area contributed by atoms with Gasteiger partial charge >= 0.3 is 0 Å². The maximum absolute atomic E-state index is 12.8. The minimum absolute atomic E-state index is 0.216. The molecule has 3 heterocycles. The number of piperidine rings is 1. The van der Waals surface area contributed by atoms with E-state index in [1.807, 2.05) is 18.2 Å². The second-order valence-electron chi connectivity index (χ2n) is 7.40. The standard InChI is InChI=1S/C22H26N4OS/c1-3-16-7-4-5-12-26(16)20(27)14-28-22-17(8-6-11-23-22)21-24-18-10-9-15(2)13-19(18)25-21/h6,8-11,13,16H,3-5,7,12,14H2,1-2H3,(H,24,25). The summed E-state index contributed by atoms with van der Waals surface area (Å²) in [4.78, 5) is 27.5. The van der Waals surface area contributed by atoms with Crippen LogP contribution in [-0.4, -0.2) is 44.1 Å². The average Bonchev–Trinajstić information content (AvgIpc) is 3.15. The molecule has 1 saturated heterocycles. The zero-order chi connectivity index (χ0) is 19.5. The number of carbonyl (C=O) groups excluding carboxylic acids is 1. The molecule has 0 aliphatic carbocycles. The summed E-state index contributed by atoms with van der Waals surface area (Å²) in [6, 6.07) is 10.5. The molecule has 4 rings (SSSR count). The number of hydrogen-bond acceptors (Lipinski definition) is 4. The summed E-state index contributed by atoms with van der Waals surface area (Å²) in [7, 11) is 0. The number of imidazole rings is 1. The normalized spacial score (nSPS) is 17.2. The second-order valence-corrected chi connectivity index (χ2v) is 8.36. The van der Waals surface area contributed by atoms with E-state index < -0.39 is 0 Å². The number of hydrogen-bond donors (Lipinski definition) is 1. The van der Waals surface area contributed by atoms with Crippen molar-refractivity contribution in [2.45, 2.75) is 50.6 Å². The third-order valence-electron chi connectivity index (χ3n) is 5.41. The molecule has 0 bridgehead atoms. The monoisotopic (exact) mass is 394 g/mol. The fourth-order valence-corrected chi connectivity index (χ4v) is 4.79. The van der Waals surface area contributed by atoms with Gasteiger partial charge in [0.25, 0.3) is 0 Å². The van der Waals surface area contributed by atoms with Crippen molar-refractivity contribution in [3.05, 3.63) is 42.1 Å². The van der Waals surface area contributed by atoms with Gasteiger partial charge in [0.05, 0.1) is 16.8 Å². The summed E-state index contributed by atoms with van der Waals surface area (Å²) in [6.07, 6.45) is 6.27. The second kappa shape index (κ2) is 8.35. The predicted molar refractivity (Wildman–Crippen MR) is 114 cm³/mol. The fourth-order valence-electron chi connectivity index (χ4n) is 3.90. The molecule has 0 radical (unpaired) electrons. The molecule has 146 valence electrons. The van der Waals surface area contributed by atoms with Gasteiger partial charge in [0.2, 0.25) is 5.91 Å². The lowest BCUT2D eigenvalue weighted by Gasteiger charge is -2.35. The first-order chi connectivity index (χ1) is 13.7. The maximum atomic E-state index is 12.8. The first kappa shape index (κ1) is 19.0. The Kier molecular flexibility index (Phi) is 5.67. The van der Waals surface area contributed by atoms with Crippen LogP contribution in [0, 0.1) is 6.92 Å². The number of nitrogens with one attached hydrogen (secondary N) is 1. The van der Waals surface area contributed by atoms with Gasteiger partial charge in [-0.2, -0.15) is 0 Å². The number of nitrogens with zero attached hydrogens (tertiary/aromatic N) is 3. The maximum Gasteiger partial charge on any atom is 0.233 e. The van der Waals surface area contributed by atoms with Crippen LogP contribution >= 0.6 is 11.8 Å². The molecule has 2 aromatic heterocycles. The smallest absolute Gasteiger partial charge is 0.233 e. The lowest BCUT2D eigenvalue weighted by Crippen LogP contribution is -2.44. The average molecular weight is 395 g/mol. The highest BCUT2D eigenvalue weighted by Gasteiger charge is 2.25. The zero-order valence-corrected chi connectivity index (χ0v) is 17.3. The molecule has 1 amide bonds. The van der Waals surface area contributed by atoms with Crippen LogP contribution in [0.3, 0.4) is 0 Å². The number of aromatic nitrogens is 3. The first-order valence-electron chi connectivity index (χ1n) is 9.99. The molecular formula is C22H26N4OS. The number of aryl methyl sites for hydroxylation is 1. The highest BCUT2D eigenvalue weighted by atomic mass is 32.2. The molecule has 0 saturated carbocycles. The topological polar surface area (TPSA) is 61.9 Å².